The summed E-state index contributed by atoms with van der Waals surface area (Å²) in [4.78, 5) is 4.63. The van der Waals surface area contributed by atoms with Crippen molar-refractivity contribution in [2.75, 3.05) is 18.8 Å². The van der Waals surface area contributed by atoms with E-state index in [1.807, 2.05) is 17.5 Å². The molecule has 3 rings (SSSR count). The molecule has 2 aromatic heterocycles. The second kappa shape index (κ2) is 4.51. The monoisotopic (exact) mass is 309 g/mol. The summed E-state index contributed by atoms with van der Waals surface area (Å²) in [5.41, 5.74) is 8.05. The van der Waals surface area contributed by atoms with Gasteiger partial charge in [-0.05, 0) is 32.0 Å². The third-order valence-corrected chi connectivity index (χ3v) is 4.42. The number of nitrogens with one attached hydrogen (secondary N) is 1. The topological polar surface area (TPSA) is 68.2 Å². The first-order valence-corrected chi connectivity index (χ1v) is 7.05. The van der Waals surface area contributed by atoms with Gasteiger partial charge in [-0.3, -0.25) is 0 Å². The molecule has 0 radical (unpaired) electrons. The average molecular weight is 310 g/mol. The standard InChI is InChI=1S/C12H16BrN5/c1-7-16-12(14)11-3-2-10(18(11)17-7)8-4-5-15-6-9(8)13/h2-3,8-9,15H,4-6H2,1H3,(H2,14,16,17). The average Bonchev–Trinajstić information content (AvgIpc) is 2.73. The quantitative estimate of drug-likeness (QED) is 0.783. The van der Waals surface area contributed by atoms with Crippen LogP contribution in [0, 0.1) is 6.92 Å². The molecule has 1 saturated heterocycles. The van der Waals surface area contributed by atoms with Gasteiger partial charge in [-0.1, -0.05) is 15.9 Å². The van der Waals surface area contributed by atoms with E-state index < -0.39 is 0 Å². The zero-order valence-corrected chi connectivity index (χ0v) is 11.8. The van der Waals surface area contributed by atoms with Gasteiger partial charge < -0.3 is 11.1 Å². The highest BCUT2D eigenvalue weighted by atomic mass is 79.9. The van der Waals surface area contributed by atoms with Gasteiger partial charge in [0.2, 0.25) is 0 Å². The Morgan fingerprint density at radius 1 is 1.50 bits per heavy atom. The second-order valence-electron chi connectivity index (χ2n) is 4.71. The van der Waals surface area contributed by atoms with Gasteiger partial charge in [0.15, 0.2) is 5.82 Å². The third kappa shape index (κ3) is 1.89. The fourth-order valence-electron chi connectivity index (χ4n) is 2.58. The van der Waals surface area contributed by atoms with Gasteiger partial charge in [0.1, 0.15) is 11.3 Å². The lowest BCUT2D eigenvalue weighted by atomic mass is 9.95. The number of halogens is 1. The SMILES string of the molecule is Cc1nc(N)c2ccc(C3CCNCC3Br)n2n1. The highest BCUT2D eigenvalue weighted by Gasteiger charge is 2.27. The molecule has 0 amide bonds. The summed E-state index contributed by atoms with van der Waals surface area (Å²) in [5.74, 6) is 1.72. The molecule has 1 fully saturated rings. The fraction of sp³-hybridized carbons (Fsp3) is 0.500. The third-order valence-electron chi connectivity index (χ3n) is 3.46. The molecule has 3 N–H and O–H groups in total. The Bertz CT molecular complexity index is 579. The lowest BCUT2D eigenvalue weighted by Crippen LogP contribution is -2.36. The minimum atomic E-state index is 0.431. The molecule has 1 aliphatic heterocycles. The van der Waals surface area contributed by atoms with Crippen molar-refractivity contribution >= 4 is 27.3 Å². The van der Waals surface area contributed by atoms with Crippen molar-refractivity contribution in [3.05, 3.63) is 23.7 Å². The number of fused-ring (bicyclic) bond motifs is 1. The summed E-state index contributed by atoms with van der Waals surface area (Å²) < 4.78 is 1.95. The van der Waals surface area contributed by atoms with E-state index in [-0.39, 0.29) is 0 Å². The Morgan fingerprint density at radius 2 is 2.33 bits per heavy atom. The Kier molecular flexibility index (Phi) is 2.99. The number of nitrogen functional groups attached to an aromatic ring is 1. The summed E-state index contributed by atoms with van der Waals surface area (Å²) in [6.45, 7) is 3.89. The van der Waals surface area contributed by atoms with Crippen LogP contribution in [0.2, 0.25) is 0 Å². The molecule has 0 bridgehead atoms. The van der Waals surface area contributed by atoms with Gasteiger partial charge in [-0.25, -0.2) is 9.50 Å². The zero-order valence-electron chi connectivity index (χ0n) is 10.2. The van der Waals surface area contributed by atoms with E-state index >= 15 is 0 Å². The van der Waals surface area contributed by atoms with Crippen molar-refractivity contribution in [3.8, 4) is 0 Å². The first kappa shape index (κ1) is 11.9. The Labute approximate surface area is 114 Å². The summed E-state index contributed by atoms with van der Waals surface area (Å²) in [6, 6.07) is 4.12. The van der Waals surface area contributed by atoms with E-state index in [0.717, 1.165) is 25.0 Å². The first-order valence-electron chi connectivity index (χ1n) is 6.13. The maximum atomic E-state index is 5.94. The highest BCUT2D eigenvalue weighted by Crippen LogP contribution is 2.31. The number of nitrogens with zero attached hydrogens (tertiary/aromatic N) is 3. The molecule has 5 nitrogen and oxygen atoms in total. The van der Waals surface area contributed by atoms with Crippen molar-refractivity contribution in [2.24, 2.45) is 0 Å². The Hall–Kier alpha value is -1.14. The molecule has 0 saturated carbocycles. The van der Waals surface area contributed by atoms with E-state index in [1.54, 1.807) is 0 Å². The number of aromatic nitrogens is 3. The van der Waals surface area contributed by atoms with Crippen LogP contribution in [0.25, 0.3) is 5.52 Å². The van der Waals surface area contributed by atoms with Gasteiger partial charge in [0, 0.05) is 23.0 Å². The first-order chi connectivity index (χ1) is 8.66. The lowest BCUT2D eigenvalue weighted by Gasteiger charge is -2.27. The molecular formula is C12H16BrN5. The number of aryl methyl sites for hydroxylation is 1. The second-order valence-corrected chi connectivity index (χ2v) is 5.89. The van der Waals surface area contributed by atoms with Crippen molar-refractivity contribution in [1.29, 1.82) is 0 Å². The van der Waals surface area contributed by atoms with Crippen LogP contribution in [-0.4, -0.2) is 32.5 Å². The summed E-state index contributed by atoms with van der Waals surface area (Å²) in [7, 11) is 0. The molecule has 0 aromatic carbocycles. The van der Waals surface area contributed by atoms with Crippen LogP contribution in [0.3, 0.4) is 0 Å². The van der Waals surface area contributed by atoms with Crippen molar-refractivity contribution in [3.63, 3.8) is 0 Å². The summed E-state index contributed by atoms with van der Waals surface area (Å²) >= 11 is 3.75. The van der Waals surface area contributed by atoms with Crippen molar-refractivity contribution < 1.29 is 0 Å². The minimum Gasteiger partial charge on any atom is -0.382 e. The molecule has 18 heavy (non-hydrogen) atoms. The molecule has 96 valence electrons. The number of nitrogens with two attached hydrogens (primary N) is 1. The number of hydrogen-bond donors (Lipinski definition) is 2. The van der Waals surface area contributed by atoms with Crippen LogP contribution in [-0.2, 0) is 0 Å². The van der Waals surface area contributed by atoms with Crippen molar-refractivity contribution in [2.45, 2.75) is 24.1 Å². The number of rotatable bonds is 1. The number of anilines is 1. The van der Waals surface area contributed by atoms with E-state index in [1.165, 1.54) is 5.69 Å². The van der Waals surface area contributed by atoms with Gasteiger partial charge >= 0.3 is 0 Å². The zero-order chi connectivity index (χ0) is 12.7. The molecule has 0 spiro atoms. The fourth-order valence-corrected chi connectivity index (χ4v) is 3.35. The van der Waals surface area contributed by atoms with Crippen LogP contribution in [0.15, 0.2) is 12.1 Å². The van der Waals surface area contributed by atoms with Crippen LogP contribution in [0.1, 0.15) is 23.9 Å². The molecule has 2 aromatic rings. The Balaban J connectivity index is 2.11. The van der Waals surface area contributed by atoms with Crippen molar-refractivity contribution in [1.82, 2.24) is 19.9 Å². The predicted molar refractivity (Wildman–Crippen MR) is 75.1 cm³/mol. The van der Waals surface area contributed by atoms with E-state index in [9.17, 15) is 0 Å². The predicted octanol–water partition coefficient (Wildman–Crippen LogP) is 1.46. The molecule has 2 unspecified atom stereocenters. The minimum absolute atomic E-state index is 0.431. The maximum absolute atomic E-state index is 5.94. The number of piperidine rings is 1. The van der Waals surface area contributed by atoms with Crippen LogP contribution >= 0.6 is 15.9 Å². The van der Waals surface area contributed by atoms with Crippen LogP contribution in [0.5, 0.6) is 0 Å². The van der Waals surface area contributed by atoms with Gasteiger partial charge in [-0.2, -0.15) is 5.10 Å². The van der Waals surface area contributed by atoms with Crippen LogP contribution in [0.4, 0.5) is 5.82 Å². The van der Waals surface area contributed by atoms with Gasteiger partial charge in [0.25, 0.3) is 0 Å². The maximum Gasteiger partial charge on any atom is 0.151 e. The van der Waals surface area contributed by atoms with E-state index in [4.69, 9.17) is 5.73 Å². The van der Waals surface area contributed by atoms with E-state index in [2.05, 4.69) is 37.4 Å². The van der Waals surface area contributed by atoms with Crippen LogP contribution < -0.4 is 11.1 Å². The molecule has 6 heteroatoms. The molecule has 2 atom stereocenters. The molecule has 0 aliphatic carbocycles. The summed E-state index contributed by atoms with van der Waals surface area (Å²) in [6.07, 6.45) is 1.10. The lowest BCUT2D eigenvalue weighted by molar-refractivity contribution is 0.464. The molecule has 3 heterocycles. The number of hydrogen-bond acceptors (Lipinski definition) is 4. The highest BCUT2D eigenvalue weighted by molar-refractivity contribution is 9.09. The van der Waals surface area contributed by atoms with Gasteiger partial charge in [0.05, 0.1) is 0 Å². The smallest absolute Gasteiger partial charge is 0.151 e. The largest absolute Gasteiger partial charge is 0.382 e. The normalized spacial score (nSPS) is 24.6. The molecule has 1 aliphatic rings. The van der Waals surface area contributed by atoms with Gasteiger partial charge in [-0.15, -0.1) is 0 Å². The number of alkyl halides is 1. The van der Waals surface area contributed by atoms with E-state index in [0.29, 0.717) is 22.4 Å². The molecular weight excluding hydrogens is 294 g/mol. The summed E-state index contributed by atoms with van der Waals surface area (Å²) in [5, 5.41) is 7.87. The Morgan fingerprint density at radius 3 is 3.11 bits per heavy atom.